The Morgan fingerprint density at radius 1 is 1.55 bits per heavy atom. The molecule has 0 aliphatic heterocycles. The normalized spacial score (nSPS) is 10.2. The Balaban J connectivity index is 3.40. The van der Waals surface area contributed by atoms with Gasteiger partial charge in [0.15, 0.2) is 0 Å². The van der Waals surface area contributed by atoms with E-state index in [4.69, 9.17) is 0 Å². The molecule has 0 N–H and O–H groups in total. The molecule has 0 aromatic heterocycles. The first kappa shape index (κ1) is 10.7. The maximum absolute atomic E-state index is 11.0. The van der Waals surface area contributed by atoms with Gasteiger partial charge in [-0.3, -0.25) is 4.79 Å². The zero-order valence-corrected chi connectivity index (χ0v) is 8.20. The van der Waals surface area contributed by atoms with Gasteiger partial charge in [0.2, 0.25) is 5.12 Å². The van der Waals surface area contributed by atoms with Crippen LogP contribution in [0, 0.1) is 0 Å². The molecule has 0 aliphatic carbocycles. The average molecular weight is 173 g/mol. The van der Waals surface area contributed by atoms with Crippen LogP contribution in [-0.4, -0.2) is 36.4 Å². The van der Waals surface area contributed by atoms with Gasteiger partial charge >= 0.3 is 0 Å². The summed E-state index contributed by atoms with van der Waals surface area (Å²) in [5.41, 5.74) is 0.633. The molecule has 0 saturated heterocycles. The maximum atomic E-state index is 11.0. The van der Waals surface area contributed by atoms with Crippen molar-refractivity contribution in [3.8, 4) is 0 Å². The van der Waals surface area contributed by atoms with E-state index in [9.17, 15) is 4.79 Å². The van der Waals surface area contributed by atoms with Gasteiger partial charge in [-0.2, -0.15) is 0 Å². The molecule has 0 saturated carbocycles. The van der Waals surface area contributed by atoms with Gasteiger partial charge in [-0.15, -0.1) is 0 Å². The van der Waals surface area contributed by atoms with Crippen LogP contribution in [0.3, 0.4) is 0 Å². The van der Waals surface area contributed by atoms with Gasteiger partial charge in [0.05, 0.1) is 0 Å². The van der Waals surface area contributed by atoms with Crippen molar-refractivity contribution >= 4 is 16.9 Å². The molecule has 0 unspecified atom stereocenters. The maximum Gasteiger partial charge on any atom is 0.214 e. The Morgan fingerprint density at radius 3 is 2.45 bits per heavy atom. The fourth-order valence-corrected chi connectivity index (χ4v) is 1.33. The second kappa shape index (κ2) is 5.38. The largest absolute Gasteiger partial charge is 0.309 e. The Labute approximate surface area is 72.6 Å². The summed E-state index contributed by atoms with van der Waals surface area (Å²) in [5.74, 6) is 0.846. The Bertz CT molecular complexity index is 154. The van der Waals surface area contributed by atoms with Crippen molar-refractivity contribution in [1.82, 2.24) is 4.90 Å². The molecule has 0 spiro atoms. The summed E-state index contributed by atoms with van der Waals surface area (Å²) >= 11 is 1.33. The Hall–Kier alpha value is -0.280. The molecule has 0 amide bonds. The second-order valence-corrected chi connectivity index (χ2v) is 3.79. The highest BCUT2D eigenvalue weighted by Crippen LogP contribution is 2.07. The highest BCUT2D eigenvalue weighted by atomic mass is 32.2. The minimum Gasteiger partial charge on any atom is -0.309 e. The molecule has 0 aromatic rings. The first-order valence-corrected chi connectivity index (χ1v) is 4.50. The number of nitrogens with zero attached hydrogens (tertiary/aromatic N) is 1. The molecule has 0 bridgehead atoms. The van der Waals surface area contributed by atoms with Crippen LogP contribution in [0.1, 0.15) is 6.92 Å². The Morgan fingerprint density at radius 2 is 2.09 bits per heavy atom. The summed E-state index contributed by atoms with van der Waals surface area (Å²) in [7, 11) is 3.98. The van der Waals surface area contributed by atoms with Gasteiger partial charge < -0.3 is 4.90 Å². The second-order valence-electron chi connectivity index (χ2n) is 2.72. The molecule has 3 heteroatoms. The average Bonchev–Trinajstić information content (AvgIpc) is 1.86. The lowest BCUT2D eigenvalue weighted by Crippen LogP contribution is -2.15. The topological polar surface area (TPSA) is 20.3 Å². The molecule has 0 aliphatic rings. The molecule has 0 radical (unpaired) electrons. The van der Waals surface area contributed by atoms with E-state index in [1.165, 1.54) is 11.8 Å². The van der Waals surface area contributed by atoms with Gasteiger partial charge in [-0.05, 0) is 26.6 Å². The van der Waals surface area contributed by atoms with E-state index in [1.54, 1.807) is 6.92 Å². The van der Waals surface area contributed by atoms with Gasteiger partial charge in [0.1, 0.15) is 0 Å². The first-order chi connectivity index (χ1) is 5.04. The summed E-state index contributed by atoms with van der Waals surface area (Å²) in [5, 5.41) is 0.104. The lowest BCUT2D eigenvalue weighted by atomic mass is 10.4. The summed E-state index contributed by atoms with van der Waals surface area (Å²) < 4.78 is 0. The van der Waals surface area contributed by atoms with Crippen LogP contribution < -0.4 is 0 Å². The van der Waals surface area contributed by atoms with Crippen LogP contribution in [-0.2, 0) is 4.79 Å². The van der Waals surface area contributed by atoms with E-state index >= 15 is 0 Å². The van der Waals surface area contributed by atoms with Crippen molar-refractivity contribution in [3.05, 3.63) is 12.2 Å². The molecule has 64 valence electrons. The Kier molecular flexibility index (Phi) is 5.24. The minimum atomic E-state index is 0.104. The monoisotopic (exact) mass is 173 g/mol. The van der Waals surface area contributed by atoms with Crippen molar-refractivity contribution in [3.63, 3.8) is 0 Å². The van der Waals surface area contributed by atoms with E-state index in [-0.39, 0.29) is 5.12 Å². The predicted molar refractivity (Wildman–Crippen MR) is 50.8 cm³/mol. The summed E-state index contributed by atoms with van der Waals surface area (Å²) in [4.78, 5) is 13.0. The molecular weight excluding hydrogens is 158 g/mol. The molecule has 0 rings (SSSR count). The van der Waals surface area contributed by atoms with Crippen molar-refractivity contribution in [1.29, 1.82) is 0 Å². The quantitative estimate of drug-likeness (QED) is 0.599. The fraction of sp³-hybridized carbons (Fsp3) is 0.625. The third-order valence-corrected chi connectivity index (χ3v) is 2.12. The molecule has 2 nitrogen and oxygen atoms in total. The number of hydrogen-bond acceptors (Lipinski definition) is 3. The van der Waals surface area contributed by atoms with E-state index < -0.39 is 0 Å². The summed E-state index contributed by atoms with van der Waals surface area (Å²) in [6, 6.07) is 0. The number of hydrogen-bond donors (Lipinski definition) is 0. The van der Waals surface area contributed by atoms with E-state index in [0.29, 0.717) is 5.57 Å². The summed E-state index contributed by atoms with van der Waals surface area (Å²) in [6.07, 6.45) is 0. The third kappa shape index (κ3) is 6.13. The van der Waals surface area contributed by atoms with Gasteiger partial charge in [0.25, 0.3) is 0 Å². The molecule has 0 atom stereocenters. The number of thioether (sulfide) groups is 1. The standard InChI is InChI=1S/C8H15NOS/c1-7(2)8(10)11-6-5-9(3)4/h1,5-6H2,2-4H3. The predicted octanol–water partition coefficient (Wildman–Crippen LogP) is 1.38. The van der Waals surface area contributed by atoms with Crippen LogP contribution in [0.5, 0.6) is 0 Å². The van der Waals surface area contributed by atoms with Crippen molar-refractivity contribution < 1.29 is 4.79 Å². The molecule has 0 heterocycles. The van der Waals surface area contributed by atoms with E-state index in [0.717, 1.165) is 12.3 Å². The van der Waals surface area contributed by atoms with Crippen LogP contribution in [0.2, 0.25) is 0 Å². The van der Waals surface area contributed by atoms with Crippen LogP contribution in [0.15, 0.2) is 12.2 Å². The van der Waals surface area contributed by atoms with Crippen molar-refractivity contribution in [2.24, 2.45) is 0 Å². The molecular formula is C8H15NOS. The van der Waals surface area contributed by atoms with E-state index in [2.05, 4.69) is 11.5 Å². The molecule has 0 fully saturated rings. The zero-order chi connectivity index (χ0) is 8.85. The minimum absolute atomic E-state index is 0.104. The van der Waals surface area contributed by atoms with Gasteiger partial charge in [-0.1, -0.05) is 18.3 Å². The number of rotatable bonds is 4. The first-order valence-electron chi connectivity index (χ1n) is 3.51. The van der Waals surface area contributed by atoms with Gasteiger partial charge in [0, 0.05) is 12.3 Å². The number of carbonyl (C=O) groups is 1. The number of carbonyl (C=O) groups excluding carboxylic acids is 1. The van der Waals surface area contributed by atoms with Crippen molar-refractivity contribution in [2.45, 2.75) is 6.92 Å². The smallest absolute Gasteiger partial charge is 0.214 e. The van der Waals surface area contributed by atoms with Crippen molar-refractivity contribution in [2.75, 3.05) is 26.4 Å². The summed E-state index contributed by atoms with van der Waals surface area (Å²) in [6.45, 7) is 6.24. The zero-order valence-electron chi connectivity index (χ0n) is 7.39. The lowest BCUT2D eigenvalue weighted by Gasteiger charge is -2.07. The van der Waals surface area contributed by atoms with Crippen LogP contribution >= 0.6 is 11.8 Å². The van der Waals surface area contributed by atoms with Gasteiger partial charge in [-0.25, -0.2) is 0 Å². The SMILES string of the molecule is C=C(C)C(=O)SCCN(C)C. The highest BCUT2D eigenvalue weighted by Gasteiger charge is 2.01. The van der Waals surface area contributed by atoms with E-state index in [1.807, 2.05) is 14.1 Å². The van der Waals surface area contributed by atoms with Crippen LogP contribution in [0.25, 0.3) is 0 Å². The molecule has 0 aromatic carbocycles. The highest BCUT2D eigenvalue weighted by molar-refractivity contribution is 8.14. The third-order valence-electron chi connectivity index (χ3n) is 1.12. The molecule has 11 heavy (non-hydrogen) atoms. The van der Waals surface area contributed by atoms with Crippen LogP contribution in [0.4, 0.5) is 0 Å². The lowest BCUT2D eigenvalue weighted by molar-refractivity contribution is -0.107. The fourth-order valence-electron chi connectivity index (χ4n) is 0.444.